The number of rotatable bonds is 2. The second-order valence-electron chi connectivity index (χ2n) is 5.42. The van der Waals surface area contributed by atoms with Gasteiger partial charge in [-0.15, -0.1) is 11.8 Å². The number of nitro benzene ring substituents is 1. The van der Waals surface area contributed by atoms with Crippen molar-refractivity contribution in [2.45, 2.75) is 31.2 Å². The Hall–Kier alpha value is -1.62. The van der Waals surface area contributed by atoms with Crippen LogP contribution in [0.15, 0.2) is 33.7 Å². The van der Waals surface area contributed by atoms with E-state index >= 15 is 0 Å². The minimum Gasteiger partial charge on any atom is -0.287 e. The molecule has 2 rings (SSSR count). The number of nitrogens with zero attached hydrogens (tertiary/aromatic N) is 2. The van der Waals surface area contributed by atoms with Crippen LogP contribution in [0.3, 0.4) is 0 Å². The van der Waals surface area contributed by atoms with Crippen molar-refractivity contribution in [1.29, 1.82) is 0 Å². The minimum atomic E-state index is -0.365. The fourth-order valence-electron chi connectivity index (χ4n) is 1.65. The minimum absolute atomic E-state index is 0.103. The highest BCUT2D eigenvalue weighted by atomic mass is 32.2. The normalized spacial score (nSPS) is 15.2. The third-order valence-electron chi connectivity index (χ3n) is 2.56. The van der Waals surface area contributed by atoms with E-state index in [1.807, 2.05) is 39.1 Å². The van der Waals surface area contributed by atoms with Crippen LogP contribution in [0.25, 0.3) is 6.08 Å². The van der Waals surface area contributed by atoms with Gasteiger partial charge in [0.2, 0.25) is 0 Å². The molecule has 0 N–H and O–H groups in total. The Bertz CT molecular complexity index is 571. The lowest BCUT2D eigenvalue weighted by Gasteiger charge is -2.15. The summed E-state index contributed by atoms with van der Waals surface area (Å²) in [6.07, 6.45) is 3.85. The van der Waals surface area contributed by atoms with E-state index in [0.29, 0.717) is 0 Å². The van der Waals surface area contributed by atoms with Crippen molar-refractivity contribution < 1.29 is 4.92 Å². The Kier molecular flexibility index (Phi) is 3.75. The molecule has 0 unspecified atom stereocenters. The Morgan fingerprint density at radius 3 is 2.79 bits per heavy atom. The van der Waals surface area contributed by atoms with Crippen molar-refractivity contribution in [3.05, 3.63) is 39.4 Å². The van der Waals surface area contributed by atoms with Gasteiger partial charge in [0, 0.05) is 29.0 Å². The Morgan fingerprint density at radius 2 is 2.16 bits per heavy atom. The number of fused-ring (bicyclic) bond motifs is 1. The van der Waals surface area contributed by atoms with E-state index in [-0.39, 0.29) is 16.1 Å². The van der Waals surface area contributed by atoms with Crippen LogP contribution in [0.4, 0.5) is 5.69 Å². The number of nitro groups is 1. The van der Waals surface area contributed by atoms with E-state index < -0.39 is 0 Å². The molecule has 0 radical (unpaired) electrons. The zero-order valence-electron chi connectivity index (χ0n) is 11.2. The number of hydrogen-bond donors (Lipinski definition) is 0. The predicted octanol–water partition coefficient (Wildman–Crippen LogP) is 3.95. The first-order chi connectivity index (χ1) is 8.85. The molecule has 0 aliphatic carbocycles. The average molecular weight is 276 g/mol. The molecule has 1 aromatic carbocycles. The molecule has 19 heavy (non-hydrogen) atoms. The molecule has 1 heterocycles. The lowest BCUT2D eigenvalue weighted by molar-refractivity contribution is -0.384. The van der Waals surface area contributed by atoms with Crippen LogP contribution < -0.4 is 0 Å². The van der Waals surface area contributed by atoms with Gasteiger partial charge in [-0.2, -0.15) is 0 Å². The molecule has 0 spiro atoms. The lowest BCUT2D eigenvalue weighted by atomic mass is 10.1. The number of aliphatic imine (C=N–C) groups is 1. The van der Waals surface area contributed by atoms with Crippen LogP contribution in [-0.4, -0.2) is 22.4 Å². The topological polar surface area (TPSA) is 55.5 Å². The highest BCUT2D eigenvalue weighted by Crippen LogP contribution is 2.33. The molecule has 1 aliphatic heterocycles. The number of non-ortho nitro benzene ring substituents is 1. The molecule has 1 aromatic rings. The fraction of sp³-hybridized carbons (Fsp3) is 0.357. The summed E-state index contributed by atoms with van der Waals surface area (Å²) in [5.41, 5.74) is 2.02. The molecular formula is C14H16N2O2S. The summed E-state index contributed by atoms with van der Waals surface area (Å²) >= 11 is 1.69. The maximum atomic E-state index is 10.8. The maximum absolute atomic E-state index is 10.8. The number of thioether (sulfide) groups is 1. The van der Waals surface area contributed by atoms with Crippen LogP contribution in [0, 0.1) is 10.1 Å². The second-order valence-corrected chi connectivity index (χ2v) is 6.43. The van der Waals surface area contributed by atoms with E-state index in [1.165, 1.54) is 0 Å². The highest BCUT2D eigenvalue weighted by Gasteiger charge is 2.15. The first-order valence-electron chi connectivity index (χ1n) is 6.02. The summed E-state index contributed by atoms with van der Waals surface area (Å²) < 4.78 is 0. The summed E-state index contributed by atoms with van der Waals surface area (Å²) in [6, 6.07) is 4.98. The van der Waals surface area contributed by atoms with Crippen molar-refractivity contribution in [1.82, 2.24) is 0 Å². The van der Waals surface area contributed by atoms with Crippen molar-refractivity contribution >= 4 is 29.7 Å². The van der Waals surface area contributed by atoms with Gasteiger partial charge in [0.05, 0.1) is 10.5 Å². The summed E-state index contributed by atoms with van der Waals surface area (Å²) in [7, 11) is 0. The molecule has 4 nitrogen and oxygen atoms in total. The zero-order valence-corrected chi connectivity index (χ0v) is 12.0. The molecular weight excluding hydrogens is 260 g/mol. The van der Waals surface area contributed by atoms with Gasteiger partial charge in [-0.05, 0) is 44.1 Å². The van der Waals surface area contributed by atoms with E-state index in [1.54, 1.807) is 23.9 Å². The van der Waals surface area contributed by atoms with Crippen molar-refractivity contribution in [3.63, 3.8) is 0 Å². The van der Waals surface area contributed by atoms with Gasteiger partial charge in [0.15, 0.2) is 0 Å². The summed E-state index contributed by atoms with van der Waals surface area (Å²) in [5, 5.41) is 10.8. The molecule has 0 atom stereocenters. The molecule has 0 saturated heterocycles. The Balaban J connectivity index is 2.31. The molecule has 0 aromatic heterocycles. The smallest absolute Gasteiger partial charge is 0.270 e. The predicted molar refractivity (Wildman–Crippen MR) is 80.0 cm³/mol. The van der Waals surface area contributed by atoms with Crippen molar-refractivity contribution in [2.75, 3.05) is 5.75 Å². The zero-order chi connectivity index (χ0) is 14.0. The fourth-order valence-corrected chi connectivity index (χ4v) is 2.58. The summed E-state index contributed by atoms with van der Waals surface area (Å²) in [4.78, 5) is 16.0. The third-order valence-corrected chi connectivity index (χ3v) is 3.72. The van der Waals surface area contributed by atoms with E-state index in [4.69, 9.17) is 0 Å². The molecule has 0 bridgehead atoms. The Labute approximate surface area is 116 Å². The lowest BCUT2D eigenvalue weighted by Crippen LogP contribution is -2.10. The molecule has 0 fully saturated rings. The third kappa shape index (κ3) is 3.67. The second kappa shape index (κ2) is 5.17. The van der Waals surface area contributed by atoms with Gasteiger partial charge in [0.1, 0.15) is 0 Å². The first kappa shape index (κ1) is 13.8. The van der Waals surface area contributed by atoms with Crippen LogP contribution in [0.2, 0.25) is 0 Å². The number of benzene rings is 1. The van der Waals surface area contributed by atoms with Gasteiger partial charge in [0.25, 0.3) is 5.69 Å². The van der Waals surface area contributed by atoms with E-state index in [0.717, 1.165) is 21.8 Å². The maximum Gasteiger partial charge on any atom is 0.270 e. The van der Waals surface area contributed by atoms with Gasteiger partial charge < -0.3 is 0 Å². The quantitative estimate of drug-likeness (QED) is 0.467. The van der Waals surface area contributed by atoms with Gasteiger partial charge in [-0.1, -0.05) is 0 Å². The first-order valence-corrected chi connectivity index (χ1v) is 7.01. The molecule has 5 heteroatoms. The largest absolute Gasteiger partial charge is 0.287 e. The standard InChI is InChI=1S/C14H16N2O2S/c1-14(2,3)15-8-10-6-11-7-12(16(17)18)4-5-13(11)19-9-10/h4-8H,9H2,1-3H3. The molecule has 1 aliphatic rings. The average Bonchev–Trinajstić information content (AvgIpc) is 2.34. The van der Waals surface area contributed by atoms with E-state index in [9.17, 15) is 10.1 Å². The van der Waals surface area contributed by atoms with Crippen molar-refractivity contribution in [3.8, 4) is 0 Å². The van der Waals surface area contributed by atoms with Crippen LogP contribution in [0.1, 0.15) is 26.3 Å². The Morgan fingerprint density at radius 1 is 1.42 bits per heavy atom. The summed E-state index contributed by atoms with van der Waals surface area (Å²) in [6.45, 7) is 6.12. The van der Waals surface area contributed by atoms with Crippen molar-refractivity contribution in [2.24, 2.45) is 4.99 Å². The molecule has 0 saturated carbocycles. The molecule has 0 amide bonds. The van der Waals surface area contributed by atoms with Gasteiger partial charge in [-0.3, -0.25) is 15.1 Å². The van der Waals surface area contributed by atoms with Crippen LogP contribution in [-0.2, 0) is 0 Å². The van der Waals surface area contributed by atoms with Gasteiger partial charge in [-0.25, -0.2) is 0 Å². The molecule has 100 valence electrons. The monoisotopic (exact) mass is 276 g/mol. The SMILES string of the molecule is CC(C)(C)N=CC1=Cc2cc([N+](=O)[O-])ccc2SC1. The van der Waals surface area contributed by atoms with Gasteiger partial charge >= 0.3 is 0 Å². The van der Waals surface area contributed by atoms with E-state index in [2.05, 4.69) is 4.99 Å². The van der Waals surface area contributed by atoms with Crippen LogP contribution in [0.5, 0.6) is 0 Å². The van der Waals surface area contributed by atoms with Crippen LogP contribution >= 0.6 is 11.8 Å². The highest BCUT2D eigenvalue weighted by molar-refractivity contribution is 7.99. The summed E-state index contributed by atoms with van der Waals surface area (Å²) in [5.74, 6) is 0.852. The number of hydrogen-bond acceptors (Lipinski definition) is 4.